The molecule has 0 radical (unpaired) electrons. The van der Waals surface area contributed by atoms with E-state index in [1.54, 1.807) is 20.4 Å². The monoisotopic (exact) mass is 224 g/mol. The first kappa shape index (κ1) is 12.9. The standard InChI is InChI=1S/C12H20N2O2/c1-12(2,9-15-3)14-8-10-6-5-7-13-11(10)16-4/h5-7,14H,8-9H2,1-4H3. The highest BCUT2D eigenvalue weighted by Gasteiger charge is 2.17. The zero-order chi connectivity index (χ0) is 12.0. The summed E-state index contributed by atoms with van der Waals surface area (Å²) < 4.78 is 10.3. The van der Waals surface area contributed by atoms with E-state index in [2.05, 4.69) is 24.1 Å². The molecule has 16 heavy (non-hydrogen) atoms. The van der Waals surface area contributed by atoms with Gasteiger partial charge in [0.25, 0.3) is 0 Å². The minimum atomic E-state index is -0.0599. The minimum absolute atomic E-state index is 0.0599. The summed E-state index contributed by atoms with van der Waals surface area (Å²) in [6.45, 7) is 5.57. The SMILES string of the molecule is COCC(C)(C)NCc1cccnc1OC. The number of methoxy groups -OCH3 is 2. The van der Waals surface area contributed by atoms with Crippen LogP contribution >= 0.6 is 0 Å². The van der Waals surface area contributed by atoms with Crippen LogP contribution in [0.15, 0.2) is 18.3 Å². The van der Waals surface area contributed by atoms with Crippen LogP contribution in [0, 0.1) is 0 Å². The van der Waals surface area contributed by atoms with E-state index in [-0.39, 0.29) is 5.54 Å². The third-order valence-electron chi connectivity index (χ3n) is 2.31. The second-order valence-electron chi connectivity index (χ2n) is 4.34. The fraction of sp³-hybridized carbons (Fsp3) is 0.583. The Morgan fingerprint density at radius 2 is 2.12 bits per heavy atom. The summed E-state index contributed by atoms with van der Waals surface area (Å²) in [5, 5.41) is 3.41. The summed E-state index contributed by atoms with van der Waals surface area (Å²) >= 11 is 0. The number of pyridine rings is 1. The van der Waals surface area contributed by atoms with Crippen LogP contribution in [0.5, 0.6) is 5.88 Å². The van der Waals surface area contributed by atoms with Crippen LogP contribution in [0.3, 0.4) is 0 Å². The van der Waals surface area contributed by atoms with Crippen molar-refractivity contribution in [3.8, 4) is 5.88 Å². The van der Waals surface area contributed by atoms with Crippen LogP contribution in [-0.4, -0.2) is 31.3 Å². The molecule has 0 spiro atoms. The smallest absolute Gasteiger partial charge is 0.217 e. The average Bonchev–Trinajstić information content (AvgIpc) is 2.27. The molecule has 4 nitrogen and oxygen atoms in total. The molecule has 0 amide bonds. The largest absolute Gasteiger partial charge is 0.481 e. The molecule has 0 bridgehead atoms. The summed E-state index contributed by atoms with van der Waals surface area (Å²) in [6.07, 6.45) is 1.72. The Morgan fingerprint density at radius 1 is 1.38 bits per heavy atom. The van der Waals surface area contributed by atoms with Gasteiger partial charge in [-0.15, -0.1) is 0 Å². The highest BCUT2D eigenvalue weighted by molar-refractivity contribution is 5.25. The van der Waals surface area contributed by atoms with Gasteiger partial charge in [0.15, 0.2) is 0 Å². The number of rotatable bonds is 6. The van der Waals surface area contributed by atoms with Gasteiger partial charge in [-0.1, -0.05) is 6.07 Å². The Balaban J connectivity index is 2.60. The van der Waals surface area contributed by atoms with E-state index in [9.17, 15) is 0 Å². The van der Waals surface area contributed by atoms with Gasteiger partial charge in [-0.05, 0) is 19.9 Å². The molecule has 0 aromatic carbocycles. The lowest BCUT2D eigenvalue weighted by Crippen LogP contribution is -2.42. The lowest BCUT2D eigenvalue weighted by Gasteiger charge is -2.25. The lowest BCUT2D eigenvalue weighted by molar-refractivity contribution is 0.127. The molecule has 0 saturated carbocycles. The van der Waals surface area contributed by atoms with Crippen molar-refractivity contribution in [3.05, 3.63) is 23.9 Å². The molecule has 0 aliphatic carbocycles. The third-order valence-corrected chi connectivity index (χ3v) is 2.31. The summed E-state index contributed by atoms with van der Waals surface area (Å²) in [5.41, 5.74) is 0.990. The summed E-state index contributed by atoms with van der Waals surface area (Å²) in [6, 6.07) is 3.91. The van der Waals surface area contributed by atoms with E-state index in [0.717, 1.165) is 5.56 Å². The second-order valence-corrected chi connectivity index (χ2v) is 4.34. The van der Waals surface area contributed by atoms with Gasteiger partial charge in [0.1, 0.15) is 0 Å². The van der Waals surface area contributed by atoms with E-state index in [4.69, 9.17) is 9.47 Å². The number of nitrogens with one attached hydrogen (secondary N) is 1. The second kappa shape index (κ2) is 5.82. The molecule has 0 atom stereocenters. The third kappa shape index (κ3) is 3.79. The fourth-order valence-corrected chi connectivity index (χ4v) is 1.49. The van der Waals surface area contributed by atoms with Crippen molar-refractivity contribution < 1.29 is 9.47 Å². The Kier molecular flexibility index (Phi) is 4.71. The summed E-state index contributed by atoms with van der Waals surface area (Å²) in [4.78, 5) is 4.15. The predicted molar refractivity (Wildman–Crippen MR) is 63.6 cm³/mol. The minimum Gasteiger partial charge on any atom is -0.481 e. The van der Waals surface area contributed by atoms with Gasteiger partial charge < -0.3 is 14.8 Å². The molecule has 0 aliphatic rings. The number of nitrogens with zero attached hydrogens (tertiary/aromatic N) is 1. The molecule has 0 saturated heterocycles. The van der Waals surface area contributed by atoms with Crippen LogP contribution in [0.25, 0.3) is 0 Å². The molecule has 1 aromatic heterocycles. The van der Waals surface area contributed by atoms with Crippen molar-refractivity contribution in [2.75, 3.05) is 20.8 Å². The molecular formula is C12H20N2O2. The van der Waals surface area contributed by atoms with Gasteiger partial charge in [0.05, 0.1) is 13.7 Å². The van der Waals surface area contributed by atoms with Crippen LogP contribution in [0.1, 0.15) is 19.4 Å². The van der Waals surface area contributed by atoms with Crippen LogP contribution < -0.4 is 10.1 Å². The maximum atomic E-state index is 5.19. The van der Waals surface area contributed by atoms with Gasteiger partial charge in [-0.25, -0.2) is 4.98 Å². The topological polar surface area (TPSA) is 43.4 Å². The van der Waals surface area contributed by atoms with E-state index >= 15 is 0 Å². The Hall–Kier alpha value is -1.13. The lowest BCUT2D eigenvalue weighted by atomic mass is 10.1. The first-order valence-electron chi connectivity index (χ1n) is 5.31. The van der Waals surface area contributed by atoms with Crippen molar-refractivity contribution in [3.63, 3.8) is 0 Å². The van der Waals surface area contributed by atoms with Crippen LogP contribution in [0.4, 0.5) is 0 Å². The van der Waals surface area contributed by atoms with Gasteiger partial charge >= 0.3 is 0 Å². The maximum Gasteiger partial charge on any atom is 0.217 e. The van der Waals surface area contributed by atoms with Gasteiger partial charge in [0.2, 0.25) is 5.88 Å². The molecule has 4 heteroatoms. The molecule has 1 rings (SSSR count). The highest BCUT2D eigenvalue weighted by atomic mass is 16.5. The van der Waals surface area contributed by atoms with Crippen molar-refractivity contribution in [1.82, 2.24) is 10.3 Å². The summed E-state index contributed by atoms with van der Waals surface area (Å²) in [5.74, 6) is 0.670. The molecule has 0 aliphatic heterocycles. The Morgan fingerprint density at radius 3 is 2.75 bits per heavy atom. The highest BCUT2D eigenvalue weighted by Crippen LogP contribution is 2.14. The van der Waals surface area contributed by atoms with Gasteiger partial charge in [-0.3, -0.25) is 0 Å². The Labute approximate surface area is 97.0 Å². The maximum absolute atomic E-state index is 5.19. The Bertz CT molecular complexity index is 327. The molecule has 90 valence electrons. The zero-order valence-electron chi connectivity index (χ0n) is 10.4. The first-order chi connectivity index (χ1) is 7.59. The zero-order valence-corrected chi connectivity index (χ0v) is 10.4. The van der Waals surface area contributed by atoms with E-state index in [1.165, 1.54) is 0 Å². The van der Waals surface area contributed by atoms with Crippen molar-refractivity contribution >= 4 is 0 Å². The predicted octanol–water partition coefficient (Wildman–Crippen LogP) is 1.60. The summed E-state index contributed by atoms with van der Waals surface area (Å²) in [7, 11) is 3.33. The molecular weight excluding hydrogens is 204 g/mol. The van der Waals surface area contributed by atoms with E-state index in [0.29, 0.717) is 19.0 Å². The normalized spacial score (nSPS) is 11.5. The molecule has 1 N–H and O–H groups in total. The van der Waals surface area contributed by atoms with E-state index < -0.39 is 0 Å². The first-order valence-corrected chi connectivity index (χ1v) is 5.31. The number of hydrogen-bond donors (Lipinski definition) is 1. The van der Waals surface area contributed by atoms with Crippen LogP contribution in [-0.2, 0) is 11.3 Å². The van der Waals surface area contributed by atoms with Crippen molar-refractivity contribution in [2.24, 2.45) is 0 Å². The molecule has 0 unspecified atom stereocenters. The average molecular weight is 224 g/mol. The fourth-order valence-electron chi connectivity index (χ4n) is 1.49. The van der Waals surface area contributed by atoms with Crippen molar-refractivity contribution in [1.29, 1.82) is 0 Å². The molecule has 0 fully saturated rings. The number of hydrogen-bond acceptors (Lipinski definition) is 4. The number of aromatic nitrogens is 1. The molecule has 1 aromatic rings. The van der Waals surface area contributed by atoms with Gasteiger partial charge in [-0.2, -0.15) is 0 Å². The van der Waals surface area contributed by atoms with Crippen LogP contribution in [0.2, 0.25) is 0 Å². The molecule has 1 heterocycles. The van der Waals surface area contributed by atoms with Gasteiger partial charge in [0, 0.05) is 31.0 Å². The number of ether oxygens (including phenoxy) is 2. The van der Waals surface area contributed by atoms with Crippen molar-refractivity contribution in [2.45, 2.75) is 25.9 Å². The quantitative estimate of drug-likeness (QED) is 0.797. The van der Waals surface area contributed by atoms with E-state index in [1.807, 2.05) is 12.1 Å².